The Morgan fingerprint density at radius 2 is 1.60 bits per heavy atom. The van der Waals surface area contributed by atoms with Crippen molar-refractivity contribution < 1.29 is 9.47 Å². The Balaban J connectivity index is 2.87. The van der Waals surface area contributed by atoms with Crippen molar-refractivity contribution in [1.29, 1.82) is 0 Å². The second kappa shape index (κ2) is 3.06. The van der Waals surface area contributed by atoms with Crippen molar-refractivity contribution in [3.05, 3.63) is 18.5 Å². The second-order valence-corrected chi connectivity index (χ2v) is 1.76. The third-order valence-electron chi connectivity index (χ3n) is 1.16. The number of rotatable bonds is 2. The third-order valence-corrected chi connectivity index (χ3v) is 1.16. The fourth-order valence-electron chi connectivity index (χ4n) is 0.622. The van der Waals surface area contributed by atoms with Crippen LogP contribution in [0.2, 0.25) is 0 Å². The monoisotopic (exact) mass is 139 g/mol. The van der Waals surface area contributed by atoms with Crippen LogP contribution in [0.4, 0.5) is 0 Å². The van der Waals surface area contributed by atoms with E-state index in [1.54, 1.807) is 32.7 Å². The number of nitrogens with zero attached hydrogens (tertiary/aromatic N) is 1. The lowest BCUT2D eigenvalue weighted by Crippen LogP contribution is -1.87. The molecule has 0 N–H and O–H groups in total. The average Bonchev–Trinajstić information content (AvgIpc) is 2.05. The van der Waals surface area contributed by atoms with Crippen LogP contribution < -0.4 is 9.47 Å². The molecular weight excluding hydrogens is 130 g/mol. The molecule has 0 saturated carbocycles. The lowest BCUT2D eigenvalue weighted by Gasteiger charge is -2.00. The van der Waals surface area contributed by atoms with Gasteiger partial charge in [0, 0.05) is 6.07 Å². The van der Waals surface area contributed by atoms with Crippen molar-refractivity contribution in [3.8, 4) is 11.5 Å². The molecular formula is C7H9NO2. The molecule has 1 aromatic rings. The smallest absolute Gasteiger partial charge is 0.140 e. The molecule has 0 unspecified atom stereocenters. The lowest BCUT2D eigenvalue weighted by molar-refractivity contribution is 0.391. The summed E-state index contributed by atoms with van der Waals surface area (Å²) < 4.78 is 9.83. The molecule has 1 aromatic heterocycles. The van der Waals surface area contributed by atoms with E-state index in [0.29, 0.717) is 11.5 Å². The second-order valence-electron chi connectivity index (χ2n) is 1.76. The summed E-state index contributed by atoms with van der Waals surface area (Å²) in [5, 5.41) is 0. The number of pyridine rings is 1. The predicted octanol–water partition coefficient (Wildman–Crippen LogP) is 1.10. The number of aromatic nitrogens is 1. The standard InChI is InChI=1S/C7H9NO2/c1-9-6-3-7(10-2)5-8-4-6/h3-5H,1-2H3. The van der Waals surface area contributed by atoms with Crippen molar-refractivity contribution in [1.82, 2.24) is 4.98 Å². The number of methoxy groups -OCH3 is 2. The number of ether oxygens (including phenoxy) is 2. The lowest BCUT2D eigenvalue weighted by atomic mass is 10.4. The zero-order chi connectivity index (χ0) is 7.40. The van der Waals surface area contributed by atoms with Crippen molar-refractivity contribution in [2.75, 3.05) is 14.2 Å². The highest BCUT2D eigenvalue weighted by atomic mass is 16.5. The molecule has 1 heterocycles. The molecule has 0 spiro atoms. The molecule has 0 radical (unpaired) electrons. The maximum absolute atomic E-state index is 4.91. The minimum absolute atomic E-state index is 0.708. The van der Waals surface area contributed by atoms with Gasteiger partial charge < -0.3 is 9.47 Å². The van der Waals surface area contributed by atoms with Crippen LogP contribution in [0.1, 0.15) is 0 Å². The average molecular weight is 139 g/mol. The summed E-state index contributed by atoms with van der Waals surface area (Å²) in [5.74, 6) is 1.42. The van der Waals surface area contributed by atoms with E-state index in [9.17, 15) is 0 Å². The summed E-state index contributed by atoms with van der Waals surface area (Å²) in [6, 6.07) is 1.77. The summed E-state index contributed by atoms with van der Waals surface area (Å²) in [5.41, 5.74) is 0. The van der Waals surface area contributed by atoms with Crippen LogP contribution in [0, 0.1) is 0 Å². The van der Waals surface area contributed by atoms with Crippen LogP contribution in [0.25, 0.3) is 0 Å². The first-order valence-electron chi connectivity index (χ1n) is 2.90. The van der Waals surface area contributed by atoms with Crippen LogP contribution >= 0.6 is 0 Å². The first-order valence-corrected chi connectivity index (χ1v) is 2.90. The van der Waals surface area contributed by atoms with Crippen LogP contribution in [0.3, 0.4) is 0 Å². The Morgan fingerprint density at radius 3 is 2.00 bits per heavy atom. The van der Waals surface area contributed by atoms with E-state index in [2.05, 4.69) is 4.98 Å². The van der Waals surface area contributed by atoms with Gasteiger partial charge in [-0.2, -0.15) is 0 Å². The maximum atomic E-state index is 4.91. The maximum Gasteiger partial charge on any atom is 0.140 e. The molecule has 1 rings (SSSR count). The van der Waals surface area contributed by atoms with Crippen molar-refractivity contribution in [3.63, 3.8) is 0 Å². The van der Waals surface area contributed by atoms with Gasteiger partial charge in [-0.3, -0.25) is 4.98 Å². The summed E-state index contributed by atoms with van der Waals surface area (Å²) in [7, 11) is 3.19. The zero-order valence-electron chi connectivity index (χ0n) is 6.00. The largest absolute Gasteiger partial charge is 0.495 e. The van der Waals surface area contributed by atoms with Gasteiger partial charge >= 0.3 is 0 Å². The molecule has 10 heavy (non-hydrogen) atoms. The molecule has 0 aliphatic rings. The summed E-state index contributed by atoms with van der Waals surface area (Å²) in [6.45, 7) is 0. The van der Waals surface area contributed by atoms with Crippen LogP contribution in [-0.4, -0.2) is 19.2 Å². The van der Waals surface area contributed by atoms with E-state index in [1.807, 2.05) is 0 Å². The molecule has 54 valence electrons. The van der Waals surface area contributed by atoms with E-state index in [-0.39, 0.29) is 0 Å². The van der Waals surface area contributed by atoms with Crippen molar-refractivity contribution in [2.24, 2.45) is 0 Å². The molecule has 0 amide bonds. The Morgan fingerprint density at radius 1 is 1.10 bits per heavy atom. The van der Waals surface area contributed by atoms with Gasteiger partial charge in [0.25, 0.3) is 0 Å². The quantitative estimate of drug-likeness (QED) is 0.614. The van der Waals surface area contributed by atoms with Gasteiger partial charge in [0.05, 0.1) is 26.6 Å². The zero-order valence-corrected chi connectivity index (χ0v) is 6.00. The van der Waals surface area contributed by atoms with Crippen molar-refractivity contribution >= 4 is 0 Å². The van der Waals surface area contributed by atoms with Gasteiger partial charge in [0.1, 0.15) is 11.5 Å². The molecule has 3 heteroatoms. The van der Waals surface area contributed by atoms with E-state index in [4.69, 9.17) is 9.47 Å². The molecule has 0 bridgehead atoms. The highest BCUT2D eigenvalue weighted by Crippen LogP contribution is 2.15. The fourth-order valence-corrected chi connectivity index (χ4v) is 0.622. The van der Waals surface area contributed by atoms with Crippen molar-refractivity contribution in [2.45, 2.75) is 0 Å². The SMILES string of the molecule is COc1cncc(OC)c1. The normalized spacial score (nSPS) is 9.00. The highest BCUT2D eigenvalue weighted by Gasteiger charge is 1.92. The topological polar surface area (TPSA) is 31.4 Å². The molecule has 0 saturated heterocycles. The molecule has 3 nitrogen and oxygen atoms in total. The van der Waals surface area contributed by atoms with E-state index < -0.39 is 0 Å². The van der Waals surface area contributed by atoms with E-state index in [0.717, 1.165) is 0 Å². The molecule has 0 fully saturated rings. The summed E-state index contributed by atoms with van der Waals surface area (Å²) >= 11 is 0. The van der Waals surface area contributed by atoms with Gasteiger partial charge in [0.2, 0.25) is 0 Å². The van der Waals surface area contributed by atoms with Crippen LogP contribution in [-0.2, 0) is 0 Å². The minimum Gasteiger partial charge on any atom is -0.495 e. The number of hydrogen-bond acceptors (Lipinski definition) is 3. The molecule has 0 aliphatic heterocycles. The Bertz CT molecular complexity index is 193. The fraction of sp³-hybridized carbons (Fsp3) is 0.286. The van der Waals surface area contributed by atoms with Gasteiger partial charge in [0.15, 0.2) is 0 Å². The first kappa shape index (κ1) is 6.86. The van der Waals surface area contributed by atoms with E-state index in [1.165, 1.54) is 0 Å². The van der Waals surface area contributed by atoms with Gasteiger partial charge in [-0.1, -0.05) is 0 Å². The Hall–Kier alpha value is -1.25. The molecule has 0 atom stereocenters. The van der Waals surface area contributed by atoms with Gasteiger partial charge in [-0.25, -0.2) is 0 Å². The van der Waals surface area contributed by atoms with E-state index >= 15 is 0 Å². The summed E-state index contributed by atoms with van der Waals surface area (Å²) in [4.78, 5) is 3.88. The van der Waals surface area contributed by atoms with Crippen LogP contribution in [0.5, 0.6) is 11.5 Å². The number of hydrogen-bond donors (Lipinski definition) is 0. The Kier molecular flexibility index (Phi) is 2.10. The predicted molar refractivity (Wildman–Crippen MR) is 37.3 cm³/mol. The van der Waals surface area contributed by atoms with Gasteiger partial charge in [-0.05, 0) is 0 Å². The van der Waals surface area contributed by atoms with Crippen LogP contribution in [0.15, 0.2) is 18.5 Å². The highest BCUT2D eigenvalue weighted by molar-refractivity contribution is 5.27. The minimum atomic E-state index is 0.708. The summed E-state index contributed by atoms with van der Waals surface area (Å²) in [6.07, 6.45) is 3.26. The molecule has 0 aromatic carbocycles. The van der Waals surface area contributed by atoms with Gasteiger partial charge in [-0.15, -0.1) is 0 Å². The molecule has 0 aliphatic carbocycles. The Labute approximate surface area is 59.6 Å². The first-order chi connectivity index (χ1) is 4.86. The third kappa shape index (κ3) is 1.37.